The van der Waals surface area contributed by atoms with Gasteiger partial charge in [0.2, 0.25) is 22.2 Å². The second-order valence-corrected chi connectivity index (χ2v) is 9.94. The Kier molecular flexibility index (Phi) is 7.47. The number of ether oxygens (including phenoxy) is 1. The molecule has 3 aromatic carbocycles. The van der Waals surface area contributed by atoms with Crippen molar-refractivity contribution in [2.45, 2.75) is 31.7 Å². The molecule has 0 unspecified atom stereocenters. The van der Waals surface area contributed by atoms with E-state index in [9.17, 15) is 22.8 Å². The number of benzene rings is 3. The van der Waals surface area contributed by atoms with Crippen molar-refractivity contribution in [3.05, 3.63) is 89.3 Å². The van der Waals surface area contributed by atoms with Gasteiger partial charge < -0.3 is 15.4 Å². The molecule has 2 amide bonds. The van der Waals surface area contributed by atoms with Gasteiger partial charge in [0.25, 0.3) is 5.91 Å². The summed E-state index contributed by atoms with van der Waals surface area (Å²) in [4.78, 5) is 36.4. The first-order valence-electron chi connectivity index (χ1n) is 11.2. The Bertz CT molecular complexity index is 1420. The summed E-state index contributed by atoms with van der Waals surface area (Å²) in [6, 6.07) is 19.7. The van der Waals surface area contributed by atoms with Crippen LogP contribution in [0.1, 0.15) is 18.1 Å². The molecule has 1 aliphatic heterocycles. The number of fused-ring (bicyclic) bond motifs is 1. The van der Waals surface area contributed by atoms with Crippen LogP contribution in [0.5, 0.6) is 0 Å². The Labute approximate surface area is 208 Å². The van der Waals surface area contributed by atoms with Crippen LogP contribution in [-0.2, 0) is 35.6 Å². The van der Waals surface area contributed by atoms with Crippen molar-refractivity contribution in [1.29, 1.82) is 0 Å². The van der Waals surface area contributed by atoms with E-state index in [0.29, 0.717) is 5.56 Å². The van der Waals surface area contributed by atoms with E-state index in [1.807, 2.05) is 48.5 Å². The van der Waals surface area contributed by atoms with Crippen molar-refractivity contribution in [3.63, 3.8) is 0 Å². The van der Waals surface area contributed by atoms with E-state index >= 15 is 0 Å². The van der Waals surface area contributed by atoms with Crippen LogP contribution in [0.4, 0.5) is 0 Å². The lowest BCUT2D eigenvalue weighted by molar-refractivity contribution is -0.164. The molecule has 1 fully saturated rings. The number of sulfonamides is 1. The minimum Gasteiger partial charge on any atom is -0.439 e. The Balaban J connectivity index is 1.56. The number of hydrogen-bond acceptors (Lipinski definition) is 6. The van der Waals surface area contributed by atoms with Gasteiger partial charge in [0.15, 0.2) is 6.04 Å². The zero-order valence-corrected chi connectivity index (χ0v) is 20.2. The highest BCUT2D eigenvalue weighted by Gasteiger charge is 2.44. The van der Waals surface area contributed by atoms with E-state index in [1.165, 1.54) is 13.0 Å². The van der Waals surface area contributed by atoms with Crippen molar-refractivity contribution in [2.75, 3.05) is 0 Å². The molecule has 3 aromatic rings. The molecule has 0 aliphatic carbocycles. The molecule has 3 atom stereocenters. The Morgan fingerprint density at radius 2 is 1.72 bits per heavy atom. The summed E-state index contributed by atoms with van der Waals surface area (Å²) in [5, 5.41) is 7.80. The number of β-lactam (4-membered cyclic amide) rings is 1. The minimum absolute atomic E-state index is 0.0294. The molecule has 1 aliphatic rings. The van der Waals surface area contributed by atoms with Crippen molar-refractivity contribution in [3.8, 4) is 0 Å². The van der Waals surface area contributed by atoms with Gasteiger partial charge in [0.05, 0.1) is 0 Å². The fourth-order valence-corrected chi connectivity index (χ4v) is 4.79. The molecular weight excluding hydrogens is 482 g/mol. The normalized spacial score (nSPS) is 18.3. The maximum absolute atomic E-state index is 13.2. The molecule has 0 radical (unpaired) electrons. The number of nitrogens with one attached hydrogen (secondary N) is 3. The second-order valence-electron chi connectivity index (χ2n) is 8.34. The molecular formula is C26H25N3O6S. The third kappa shape index (κ3) is 6.35. The van der Waals surface area contributed by atoms with Gasteiger partial charge in [0.1, 0.15) is 6.04 Å². The number of rotatable bonds is 9. The lowest BCUT2D eigenvalue weighted by Crippen LogP contribution is -2.71. The summed E-state index contributed by atoms with van der Waals surface area (Å²) in [5.74, 6) is -1.89. The number of hydrogen-bond donors (Lipinski definition) is 3. The molecule has 0 spiro atoms. The number of carbonyl (C=O) groups excluding carboxylic acids is 3. The summed E-state index contributed by atoms with van der Waals surface area (Å²) in [7, 11) is -4.03. The standard InChI is InChI=1S/C26H25N3O6S/c1-17(30)35-26-23(25(32)28-26)27-24(31)22(16-19-11-12-20-9-5-6-10-21(20)15-19)29-36(33,34)14-13-18-7-3-2-4-8-18/h2-15,22-23,26,29H,16H2,1H3,(H,27,31)(H,28,32)/t22-,23+,26-/m0/s1. The Hall–Kier alpha value is -4.02. The molecule has 0 saturated carbocycles. The van der Waals surface area contributed by atoms with Crippen molar-refractivity contribution in [2.24, 2.45) is 0 Å². The number of esters is 1. The van der Waals surface area contributed by atoms with Crippen molar-refractivity contribution < 1.29 is 27.5 Å². The van der Waals surface area contributed by atoms with Crippen LogP contribution in [-0.4, -0.2) is 44.5 Å². The highest BCUT2D eigenvalue weighted by atomic mass is 32.2. The molecule has 3 N–H and O–H groups in total. The van der Waals surface area contributed by atoms with Crippen LogP contribution in [0.3, 0.4) is 0 Å². The summed E-state index contributed by atoms with van der Waals surface area (Å²) in [5.41, 5.74) is 1.40. The van der Waals surface area contributed by atoms with Gasteiger partial charge in [-0.05, 0) is 34.4 Å². The Morgan fingerprint density at radius 1 is 1.03 bits per heavy atom. The van der Waals surface area contributed by atoms with Gasteiger partial charge in [-0.1, -0.05) is 72.8 Å². The molecule has 0 aromatic heterocycles. The van der Waals surface area contributed by atoms with Crippen LogP contribution in [0, 0.1) is 0 Å². The third-order valence-electron chi connectivity index (χ3n) is 5.58. The highest BCUT2D eigenvalue weighted by Crippen LogP contribution is 2.18. The average Bonchev–Trinajstić information content (AvgIpc) is 2.85. The minimum atomic E-state index is -4.03. The molecule has 9 nitrogen and oxygen atoms in total. The van der Waals surface area contributed by atoms with Crippen molar-refractivity contribution in [1.82, 2.24) is 15.4 Å². The summed E-state index contributed by atoms with van der Waals surface area (Å²) in [6.45, 7) is 1.18. The summed E-state index contributed by atoms with van der Waals surface area (Å²) in [6.07, 6.45) is 0.431. The summed E-state index contributed by atoms with van der Waals surface area (Å²) >= 11 is 0. The topological polar surface area (TPSA) is 131 Å². The molecule has 1 heterocycles. The molecule has 4 rings (SSSR count). The van der Waals surface area contributed by atoms with Gasteiger partial charge in [-0.3, -0.25) is 14.4 Å². The first-order chi connectivity index (χ1) is 17.2. The molecule has 0 bridgehead atoms. The van der Waals surface area contributed by atoms with E-state index in [1.54, 1.807) is 24.3 Å². The van der Waals surface area contributed by atoms with Gasteiger partial charge in [-0.15, -0.1) is 0 Å². The zero-order chi connectivity index (χ0) is 25.7. The summed E-state index contributed by atoms with van der Waals surface area (Å²) < 4.78 is 33.1. The van der Waals surface area contributed by atoms with E-state index in [-0.39, 0.29) is 6.42 Å². The maximum atomic E-state index is 13.2. The van der Waals surface area contributed by atoms with Gasteiger partial charge in [-0.2, -0.15) is 4.72 Å². The fraction of sp³-hybridized carbons (Fsp3) is 0.192. The van der Waals surface area contributed by atoms with Gasteiger partial charge in [-0.25, -0.2) is 8.42 Å². The lowest BCUT2D eigenvalue weighted by Gasteiger charge is -2.36. The highest BCUT2D eigenvalue weighted by molar-refractivity contribution is 7.92. The Morgan fingerprint density at radius 3 is 2.42 bits per heavy atom. The first kappa shape index (κ1) is 25.1. The van der Waals surface area contributed by atoms with Crippen LogP contribution in [0.15, 0.2) is 78.2 Å². The predicted molar refractivity (Wildman–Crippen MR) is 135 cm³/mol. The predicted octanol–water partition coefficient (Wildman–Crippen LogP) is 1.85. The molecule has 36 heavy (non-hydrogen) atoms. The van der Waals surface area contributed by atoms with E-state index in [4.69, 9.17) is 4.74 Å². The number of amides is 2. The van der Waals surface area contributed by atoms with Crippen molar-refractivity contribution >= 4 is 44.7 Å². The van der Waals surface area contributed by atoms with E-state index < -0.39 is 46.1 Å². The van der Waals surface area contributed by atoms with Crippen LogP contribution in [0.2, 0.25) is 0 Å². The van der Waals surface area contributed by atoms with Gasteiger partial charge >= 0.3 is 5.97 Å². The maximum Gasteiger partial charge on any atom is 0.304 e. The van der Waals surface area contributed by atoms with Gasteiger partial charge in [0, 0.05) is 12.3 Å². The third-order valence-corrected chi connectivity index (χ3v) is 6.68. The van der Waals surface area contributed by atoms with E-state index in [2.05, 4.69) is 15.4 Å². The molecule has 10 heteroatoms. The smallest absolute Gasteiger partial charge is 0.304 e. The zero-order valence-electron chi connectivity index (χ0n) is 19.4. The quantitative estimate of drug-likeness (QED) is 0.299. The van der Waals surface area contributed by atoms with Crippen LogP contribution < -0.4 is 15.4 Å². The lowest BCUT2D eigenvalue weighted by atomic mass is 10.0. The molecule has 1 saturated heterocycles. The second kappa shape index (κ2) is 10.7. The largest absolute Gasteiger partial charge is 0.439 e. The van der Waals surface area contributed by atoms with Crippen LogP contribution >= 0.6 is 0 Å². The average molecular weight is 508 g/mol. The van der Waals surface area contributed by atoms with Crippen LogP contribution in [0.25, 0.3) is 16.8 Å². The SMILES string of the molecule is CC(=O)O[C@@H]1NC(=O)[C@H]1NC(=O)[C@H](Cc1ccc2ccccc2c1)NS(=O)(=O)C=Cc1ccccc1. The molecule has 186 valence electrons. The fourth-order valence-electron chi connectivity index (χ4n) is 3.79. The first-order valence-corrected chi connectivity index (χ1v) is 12.8. The monoisotopic (exact) mass is 507 g/mol. The number of carbonyl (C=O) groups is 3. The van der Waals surface area contributed by atoms with E-state index in [0.717, 1.165) is 21.7 Å².